The van der Waals surface area contributed by atoms with Crippen molar-refractivity contribution < 1.29 is 9.53 Å². The number of carbonyl (C=O) groups excluding carboxylic acids is 1. The molecule has 1 aliphatic rings. The molecular weight excluding hydrogens is 180 g/mol. The molecule has 82 valence electrons. The zero-order valence-electron chi connectivity index (χ0n) is 8.87. The van der Waals surface area contributed by atoms with Crippen LogP contribution in [0.2, 0.25) is 0 Å². The summed E-state index contributed by atoms with van der Waals surface area (Å²) in [5.74, 6) is 0. The first-order valence-corrected chi connectivity index (χ1v) is 5.39. The van der Waals surface area contributed by atoms with Gasteiger partial charge in [0.25, 0.3) is 0 Å². The molecule has 1 fully saturated rings. The predicted molar refractivity (Wildman–Crippen MR) is 55.0 cm³/mol. The Morgan fingerprint density at radius 2 is 2.14 bits per heavy atom. The molecule has 0 atom stereocenters. The Kier molecular flexibility index (Phi) is 4.73. The van der Waals surface area contributed by atoms with Crippen LogP contribution in [-0.2, 0) is 4.74 Å². The monoisotopic (exact) mass is 200 g/mol. The third kappa shape index (κ3) is 3.18. The van der Waals surface area contributed by atoms with Gasteiger partial charge in [-0.05, 0) is 19.3 Å². The molecule has 0 aromatic heterocycles. The third-order valence-corrected chi connectivity index (χ3v) is 2.67. The number of primary amides is 1. The number of carbonyl (C=O) groups is 1. The van der Waals surface area contributed by atoms with Crippen LogP contribution in [0.3, 0.4) is 0 Å². The van der Waals surface area contributed by atoms with Crippen LogP contribution in [0.15, 0.2) is 0 Å². The lowest BCUT2D eigenvalue weighted by Crippen LogP contribution is -2.46. The van der Waals surface area contributed by atoms with Crippen LogP contribution in [0.4, 0.5) is 4.79 Å². The summed E-state index contributed by atoms with van der Waals surface area (Å²) in [6.07, 6.45) is 3.96. The van der Waals surface area contributed by atoms with Gasteiger partial charge in [-0.15, -0.1) is 0 Å². The Bertz CT molecular complexity index is 179. The molecule has 0 aromatic rings. The number of nitrogens with zero attached hydrogens (tertiary/aromatic N) is 1. The van der Waals surface area contributed by atoms with Crippen LogP contribution >= 0.6 is 0 Å². The van der Waals surface area contributed by atoms with Crippen molar-refractivity contribution in [3.05, 3.63) is 0 Å². The number of nitrogens with two attached hydrogens (primary N) is 1. The van der Waals surface area contributed by atoms with Gasteiger partial charge in [-0.25, -0.2) is 4.79 Å². The van der Waals surface area contributed by atoms with Gasteiger partial charge in [-0.3, -0.25) is 0 Å². The highest BCUT2D eigenvalue weighted by Gasteiger charge is 2.23. The maximum absolute atomic E-state index is 11.2. The zero-order valence-corrected chi connectivity index (χ0v) is 8.87. The molecule has 0 bridgehead atoms. The lowest BCUT2D eigenvalue weighted by molar-refractivity contribution is 0.0470. The first-order chi connectivity index (χ1) is 6.75. The quantitative estimate of drug-likeness (QED) is 0.744. The number of amides is 2. The average molecular weight is 200 g/mol. The molecule has 0 radical (unpaired) electrons. The van der Waals surface area contributed by atoms with E-state index in [-0.39, 0.29) is 6.03 Å². The molecule has 2 N–H and O–H groups in total. The van der Waals surface area contributed by atoms with Gasteiger partial charge in [0.05, 0.1) is 0 Å². The van der Waals surface area contributed by atoms with Crippen LogP contribution in [0.1, 0.15) is 32.6 Å². The second-order valence-corrected chi connectivity index (χ2v) is 3.73. The number of rotatable bonds is 4. The molecule has 1 saturated heterocycles. The molecule has 14 heavy (non-hydrogen) atoms. The summed E-state index contributed by atoms with van der Waals surface area (Å²) in [6.45, 7) is 4.40. The van der Waals surface area contributed by atoms with Crippen molar-refractivity contribution in [2.24, 2.45) is 5.73 Å². The van der Waals surface area contributed by atoms with Crippen LogP contribution < -0.4 is 5.73 Å². The van der Waals surface area contributed by atoms with Crippen LogP contribution in [0, 0.1) is 0 Å². The minimum atomic E-state index is -0.287. The molecule has 4 nitrogen and oxygen atoms in total. The molecule has 2 amide bonds. The lowest BCUT2D eigenvalue weighted by Gasteiger charge is -2.33. The Morgan fingerprint density at radius 1 is 1.50 bits per heavy atom. The normalized spacial score (nSPS) is 18.1. The standard InChI is InChI=1S/C10H20N2O2/c1-2-3-6-12(10(11)13)9-4-7-14-8-5-9/h9H,2-8H2,1H3,(H2,11,13). The van der Waals surface area contributed by atoms with Crippen molar-refractivity contribution in [3.63, 3.8) is 0 Å². The van der Waals surface area contributed by atoms with Gasteiger partial charge in [0.15, 0.2) is 0 Å². The van der Waals surface area contributed by atoms with E-state index in [1.54, 1.807) is 4.90 Å². The van der Waals surface area contributed by atoms with E-state index in [4.69, 9.17) is 10.5 Å². The van der Waals surface area contributed by atoms with Crippen molar-refractivity contribution >= 4 is 6.03 Å². The highest BCUT2D eigenvalue weighted by molar-refractivity contribution is 5.72. The van der Waals surface area contributed by atoms with E-state index in [2.05, 4.69) is 6.92 Å². The van der Waals surface area contributed by atoms with E-state index in [0.29, 0.717) is 6.04 Å². The van der Waals surface area contributed by atoms with Gasteiger partial charge in [0, 0.05) is 25.8 Å². The summed E-state index contributed by atoms with van der Waals surface area (Å²) in [4.78, 5) is 13.0. The summed E-state index contributed by atoms with van der Waals surface area (Å²) < 4.78 is 5.26. The van der Waals surface area contributed by atoms with E-state index in [1.165, 1.54) is 0 Å². The summed E-state index contributed by atoms with van der Waals surface area (Å²) in [5.41, 5.74) is 5.35. The van der Waals surface area contributed by atoms with Crippen LogP contribution in [-0.4, -0.2) is 36.7 Å². The molecule has 0 spiro atoms. The van der Waals surface area contributed by atoms with Crippen molar-refractivity contribution in [1.29, 1.82) is 0 Å². The van der Waals surface area contributed by atoms with Gasteiger partial charge in [-0.1, -0.05) is 13.3 Å². The number of ether oxygens (including phenoxy) is 1. The van der Waals surface area contributed by atoms with E-state index in [1.807, 2.05) is 0 Å². The molecule has 0 aliphatic carbocycles. The number of urea groups is 1. The van der Waals surface area contributed by atoms with E-state index in [9.17, 15) is 4.79 Å². The fourth-order valence-corrected chi connectivity index (χ4v) is 1.80. The molecule has 1 aliphatic heterocycles. The second kappa shape index (κ2) is 5.86. The molecule has 1 heterocycles. The molecule has 1 rings (SSSR count). The van der Waals surface area contributed by atoms with Crippen molar-refractivity contribution in [3.8, 4) is 0 Å². The Balaban J connectivity index is 2.43. The summed E-state index contributed by atoms with van der Waals surface area (Å²) in [5, 5.41) is 0. The molecule has 0 aromatic carbocycles. The highest BCUT2D eigenvalue weighted by atomic mass is 16.5. The average Bonchev–Trinajstić information content (AvgIpc) is 2.19. The van der Waals surface area contributed by atoms with Crippen LogP contribution in [0.5, 0.6) is 0 Å². The predicted octanol–water partition coefficient (Wildman–Crippen LogP) is 1.35. The minimum absolute atomic E-state index is 0.287. The second-order valence-electron chi connectivity index (χ2n) is 3.73. The minimum Gasteiger partial charge on any atom is -0.381 e. The SMILES string of the molecule is CCCCN(C(N)=O)C1CCOCC1. The zero-order chi connectivity index (χ0) is 10.4. The maximum Gasteiger partial charge on any atom is 0.315 e. The maximum atomic E-state index is 11.2. The third-order valence-electron chi connectivity index (χ3n) is 2.67. The van der Waals surface area contributed by atoms with Gasteiger partial charge in [0.2, 0.25) is 0 Å². The van der Waals surface area contributed by atoms with Crippen molar-refractivity contribution in [1.82, 2.24) is 4.90 Å². The van der Waals surface area contributed by atoms with Gasteiger partial charge < -0.3 is 15.4 Å². The molecule has 0 unspecified atom stereocenters. The van der Waals surface area contributed by atoms with Crippen LogP contribution in [0.25, 0.3) is 0 Å². The van der Waals surface area contributed by atoms with Gasteiger partial charge in [-0.2, -0.15) is 0 Å². The Morgan fingerprint density at radius 3 is 2.64 bits per heavy atom. The van der Waals surface area contributed by atoms with Gasteiger partial charge >= 0.3 is 6.03 Å². The summed E-state index contributed by atoms with van der Waals surface area (Å²) >= 11 is 0. The fraction of sp³-hybridized carbons (Fsp3) is 0.900. The van der Waals surface area contributed by atoms with E-state index in [0.717, 1.165) is 45.4 Å². The Hall–Kier alpha value is -0.770. The first kappa shape index (κ1) is 11.3. The summed E-state index contributed by atoms with van der Waals surface area (Å²) in [7, 11) is 0. The highest BCUT2D eigenvalue weighted by Crippen LogP contribution is 2.14. The smallest absolute Gasteiger partial charge is 0.315 e. The van der Waals surface area contributed by atoms with E-state index < -0.39 is 0 Å². The van der Waals surface area contributed by atoms with Gasteiger partial charge in [0.1, 0.15) is 0 Å². The lowest BCUT2D eigenvalue weighted by atomic mass is 10.1. The van der Waals surface area contributed by atoms with Crippen molar-refractivity contribution in [2.75, 3.05) is 19.8 Å². The first-order valence-electron chi connectivity index (χ1n) is 5.39. The van der Waals surface area contributed by atoms with Crippen molar-refractivity contribution in [2.45, 2.75) is 38.6 Å². The molecular formula is C10H20N2O2. The molecule has 4 heteroatoms. The molecule has 0 saturated carbocycles. The Labute approximate surface area is 85.4 Å². The largest absolute Gasteiger partial charge is 0.381 e. The number of hydrogen-bond donors (Lipinski definition) is 1. The summed E-state index contributed by atoms with van der Waals surface area (Å²) in [6, 6.07) is 0.0122. The number of hydrogen-bond acceptors (Lipinski definition) is 2. The van der Waals surface area contributed by atoms with E-state index >= 15 is 0 Å². The number of unbranched alkanes of at least 4 members (excludes halogenated alkanes) is 1. The topological polar surface area (TPSA) is 55.6 Å². The fourth-order valence-electron chi connectivity index (χ4n) is 1.80.